The minimum Gasteiger partial charge on any atom is -0.481 e. The fraction of sp³-hybridized carbons (Fsp3) is 0.234. The molecule has 0 spiro atoms. The predicted octanol–water partition coefficient (Wildman–Crippen LogP) is 18.4. The van der Waals surface area contributed by atoms with Crippen LogP contribution in [0.15, 0.2) is 219 Å². The molecule has 12 aromatic rings. The molecule has 8 heterocycles. The molecule has 0 unspecified atom stereocenters. The lowest BCUT2D eigenvalue weighted by Crippen LogP contribution is -2.25. The van der Waals surface area contributed by atoms with Crippen molar-refractivity contribution < 1.29 is 60.7 Å². The summed E-state index contributed by atoms with van der Waals surface area (Å²) in [5.74, 6) is -1.52. The van der Waals surface area contributed by atoms with Crippen LogP contribution in [0.1, 0.15) is 148 Å². The zero-order valence-corrected chi connectivity index (χ0v) is 69.5. The van der Waals surface area contributed by atoms with Crippen LogP contribution >= 0.6 is 11.6 Å². The van der Waals surface area contributed by atoms with Gasteiger partial charge in [-0.15, -0.1) is 0 Å². The number of Topliss-reactive ketones (excluding diaryl/α,β-unsaturated/α-hetero) is 4. The first-order chi connectivity index (χ1) is 58.1. The van der Waals surface area contributed by atoms with E-state index in [9.17, 15) is 55.9 Å². The van der Waals surface area contributed by atoms with Gasteiger partial charge in [0, 0.05) is 208 Å². The van der Waals surface area contributed by atoms with Crippen molar-refractivity contribution >= 4 is 86.9 Å². The van der Waals surface area contributed by atoms with E-state index in [0.29, 0.717) is 184 Å². The van der Waals surface area contributed by atoms with E-state index < -0.39 is 23.3 Å². The number of ether oxygens (including phenoxy) is 1. The Bertz CT molecular complexity index is 5190. The molecule has 27 heteroatoms. The number of halogens is 5. The largest absolute Gasteiger partial charge is 0.481 e. The van der Waals surface area contributed by atoms with Gasteiger partial charge in [0.1, 0.15) is 34.2 Å². The maximum Gasteiger partial charge on any atom is 0.226 e. The molecule has 8 aromatic heterocycles. The van der Waals surface area contributed by atoms with Crippen LogP contribution in [-0.4, -0.2) is 122 Å². The molecule has 2 N–H and O–H groups in total. The molecule has 0 bridgehead atoms. The molecule has 0 atom stereocenters. The van der Waals surface area contributed by atoms with Gasteiger partial charge in [-0.05, 0) is 194 Å². The van der Waals surface area contributed by atoms with Gasteiger partial charge in [-0.2, -0.15) is 0 Å². The van der Waals surface area contributed by atoms with Crippen LogP contribution in [0.4, 0.5) is 46.1 Å². The number of carbonyl (C=O) groups is 8. The van der Waals surface area contributed by atoms with Crippen molar-refractivity contribution in [2.45, 2.75) is 112 Å². The van der Waals surface area contributed by atoms with Gasteiger partial charge in [-0.1, -0.05) is 63.6 Å². The topological polar surface area (TPSA) is 288 Å². The molecule has 22 nitrogen and oxygen atoms in total. The van der Waals surface area contributed by atoms with Crippen molar-refractivity contribution in [3.05, 3.63) is 298 Å². The summed E-state index contributed by atoms with van der Waals surface area (Å²) >= 11 is 5.76. The van der Waals surface area contributed by atoms with Crippen LogP contribution in [0, 0.1) is 30.2 Å². The molecule has 0 saturated heterocycles. The normalized spacial score (nSPS) is 10.6. The predicted molar refractivity (Wildman–Crippen MR) is 462 cm³/mol. The van der Waals surface area contributed by atoms with E-state index in [4.69, 9.17) is 22.1 Å². The summed E-state index contributed by atoms with van der Waals surface area (Å²) in [4.78, 5) is 136. The number of hydrogen-bond acceptors (Lipinski definition) is 18. The number of nitrogens with two attached hydrogens (primary N) is 1. The van der Waals surface area contributed by atoms with Crippen LogP contribution in [-0.2, 0) is 44.9 Å². The van der Waals surface area contributed by atoms with Crippen molar-refractivity contribution in [3.63, 3.8) is 0 Å². The van der Waals surface area contributed by atoms with E-state index in [2.05, 4.69) is 39.9 Å². The zero-order valence-electron chi connectivity index (χ0n) is 68.8. The third-order valence-electron chi connectivity index (χ3n) is 19.7. The van der Waals surface area contributed by atoms with E-state index in [1.807, 2.05) is 37.3 Å². The second kappa shape index (κ2) is 44.2. The van der Waals surface area contributed by atoms with Gasteiger partial charge >= 0.3 is 0 Å². The van der Waals surface area contributed by atoms with Gasteiger partial charge in [0.2, 0.25) is 29.5 Å². The van der Waals surface area contributed by atoms with E-state index in [0.717, 1.165) is 27.9 Å². The molecule has 0 radical (unpaired) electrons. The monoisotopic (exact) mass is 1660 g/mol. The average Bonchev–Trinajstić information content (AvgIpc) is 0.828. The van der Waals surface area contributed by atoms with Crippen molar-refractivity contribution in [2.24, 2.45) is 0 Å². The lowest BCUT2D eigenvalue weighted by Gasteiger charge is -2.17. The fourth-order valence-electron chi connectivity index (χ4n) is 12.2. The van der Waals surface area contributed by atoms with Gasteiger partial charge in [-0.25, -0.2) is 32.5 Å². The summed E-state index contributed by atoms with van der Waals surface area (Å²) in [6, 6.07) is 46.0. The Balaban J connectivity index is 0.000000183. The number of rotatable bonds is 29. The summed E-state index contributed by atoms with van der Waals surface area (Å²) in [7, 11) is 8.00. The number of aromatic nitrogens is 8. The summed E-state index contributed by atoms with van der Waals surface area (Å²) in [6.07, 6.45) is 17.5. The van der Waals surface area contributed by atoms with Crippen LogP contribution in [0.5, 0.6) is 5.88 Å². The number of amides is 4. The highest BCUT2D eigenvalue weighted by Gasteiger charge is 2.21. The van der Waals surface area contributed by atoms with E-state index in [1.165, 1.54) is 68.7 Å². The number of methoxy groups -OCH3 is 1. The molecular formula is C94H92ClF4N13O9. The van der Waals surface area contributed by atoms with E-state index in [1.54, 1.807) is 203 Å². The molecule has 4 aromatic carbocycles. The number of nitrogen functional groups attached to an aromatic ring is 1. The lowest BCUT2D eigenvalue weighted by atomic mass is 10.0. The highest BCUT2D eigenvalue weighted by Crippen LogP contribution is 2.32. The molecule has 0 aliphatic carbocycles. The number of carbonyl (C=O) groups excluding carboxylic acids is 8. The minimum atomic E-state index is -0.481. The SMILES string of the molecule is CCC(=O)N(C)c1ccc(-c2ccc(C(=O)CCc3ccc(C)nc3)cn2)c(F)c1.CCC(=O)N(C)c1ccc(-c2ccc(C(=O)CCc3ccc(Cl)nc3)cn2)c(F)c1.CCC(=O)N(C)c1ccc(-c2ccc(C(=O)CCc3ccc(N)nc3)cn2)c(F)c1.CCC(=O)N(C)c1ccc(-c2ccc(C(=O)CCc3ccc(OC)nc3)cn2)c(F)c1. The Hall–Kier alpha value is -13.8. The fourth-order valence-corrected chi connectivity index (χ4v) is 12.3. The van der Waals surface area contributed by atoms with Crippen LogP contribution in [0.3, 0.4) is 0 Å². The number of nitrogens with zero attached hydrogens (tertiary/aromatic N) is 12. The van der Waals surface area contributed by atoms with Gasteiger partial charge in [-0.3, -0.25) is 63.3 Å². The summed E-state index contributed by atoms with van der Waals surface area (Å²) < 4.78 is 63.5. The maximum absolute atomic E-state index is 14.6. The van der Waals surface area contributed by atoms with Crippen molar-refractivity contribution in [3.8, 4) is 50.9 Å². The number of hydrogen-bond donors (Lipinski definition) is 1. The molecule has 4 amide bonds. The first kappa shape index (κ1) is 91.2. The zero-order chi connectivity index (χ0) is 87.4. The van der Waals surface area contributed by atoms with Crippen molar-refractivity contribution in [2.75, 3.05) is 60.6 Å². The second-order valence-corrected chi connectivity index (χ2v) is 28.3. The van der Waals surface area contributed by atoms with E-state index in [-0.39, 0.29) is 46.8 Å². The number of aryl methyl sites for hydroxylation is 5. The first-order valence-electron chi connectivity index (χ1n) is 39.0. The summed E-state index contributed by atoms with van der Waals surface area (Å²) in [6.45, 7) is 8.94. The second-order valence-electron chi connectivity index (χ2n) is 27.9. The van der Waals surface area contributed by atoms with Crippen LogP contribution < -0.4 is 30.1 Å². The standard InChI is InChI=1S/C24H24FN3O3.C24H24FN3O2.C23H21ClFN3O2.C23H23FN4O2/c1-4-24(30)28(2)18-8-9-19(20(25)13-18)21-10-7-17(15-26-21)22(29)11-5-16-6-12-23(31-3)27-14-16;1-4-24(30)28(3)19-9-10-20(21(25)13-19)22-11-8-18(15-27-22)23(29)12-7-17-6-5-16(2)26-14-17;1-3-23(30)28(2)17-7-8-18(19(25)12-17)20-9-6-16(14-26-20)21(29)10-4-15-5-11-22(24)27-13-15;1-3-23(30)28(2)17-7-8-18(19(24)12-17)20-9-6-16(14-26-20)21(29)10-4-15-5-11-22(25)27-13-15/h6-10,12-15H,4-5,11H2,1-3H3;5-6,8-11,13-15H,4,7,12H2,1-3H3;5-9,11-14H,3-4,10H2,1-2H3;5-9,11-14H,3-4,10H2,1-2H3,(H2,25,27). The molecule has 0 saturated carbocycles. The number of ketones is 4. The van der Waals surface area contributed by atoms with Gasteiger partial charge in [0.15, 0.2) is 23.1 Å². The number of benzene rings is 4. The molecule has 12 rings (SSSR count). The minimum absolute atomic E-state index is 0.0230. The van der Waals surface area contributed by atoms with Crippen LogP contribution in [0.25, 0.3) is 45.0 Å². The third kappa shape index (κ3) is 25.6. The Morgan fingerprint density at radius 2 is 0.620 bits per heavy atom. The molecule has 0 aliphatic rings. The van der Waals surface area contributed by atoms with Gasteiger partial charge < -0.3 is 30.1 Å². The average molecular weight is 1660 g/mol. The van der Waals surface area contributed by atoms with Crippen molar-refractivity contribution in [1.82, 2.24) is 39.9 Å². The lowest BCUT2D eigenvalue weighted by molar-refractivity contribution is -0.118. The first-order valence-corrected chi connectivity index (χ1v) is 39.4. The third-order valence-corrected chi connectivity index (χ3v) is 19.9. The smallest absolute Gasteiger partial charge is 0.226 e. The Morgan fingerprint density at radius 1 is 0.339 bits per heavy atom. The number of anilines is 5. The van der Waals surface area contributed by atoms with Crippen LogP contribution in [0.2, 0.25) is 5.15 Å². The Labute approximate surface area is 705 Å². The van der Waals surface area contributed by atoms with Gasteiger partial charge in [0.05, 0.1) is 29.9 Å². The van der Waals surface area contributed by atoms with Crippen molar-refractivity contribution in [1.29, 1.82) is 0 Å². The Kier molecular flexibility index (Phi) is 33.3. The highest BCUT2D eigenvalue weighted by atomic mass is 35.5. The molecular weight excluding hydrogens is 1570 g/mol. The molecule has 121 heavy (non-hydrogen) atoms. The molecule has 622 valence electrons. The summed E-state index contributed by atoms with van der Waals surface area (Å²) in [5.41, 5.74) is 17.0. The summed E-state index contributed by atoms with van der Waals surface area (Å²) in [5, 5.41) is 0.411. The van der Waals surface area contributed by atoms with E-state index >= 15 is 0 Å². The highest BCUT2D eigenvalue weighted by molar-refractivity contribution is 6.29. The quantitative estimate of drug-likeness (QED) is 0.0259. The number of pyridine rings is 8. The van der Waals surface area contributed by atoms with Gasteiger partial charge in [0.25, 0.3) is 0 Å². The Morgan fingerprint density at radius 3 is 0.843 bits per heavy atom. The molecule has 0 fully saturated rings. The maximum atomic E-state index is 14.6. The molecule has 0 aliphatic heterocycles.